The van der Waals surface area contributed by atoms with Crippen LogP contribution in [0.3, 0.4) is 0 Å². The lowest BCUT2D eigenvalue weighted by Gasteiger charge is -2.23. The average molecular weight is 567 g/mol. The number of hydrogen-bond donors (Lipinski definition) is 4. The van der Waals surface area contributed by atoms with Gasteiger partial charge in [0, 0.05) is 29.4 Å². The van der Waals surface area contributed by atoms with Gasteiger partial charge in [-0.1, -0.05) is 54.1 Å². The summed E-state index contributed by atoms with van der Waals surface area (Å²) in [5.74, 6) is -1.20. The molecular formula is C30H32ClFN4O4. The van der Waals surface area contributed by atoms with Crippen LogP contribution in [0.15, 0.2) is 66.7 Å². The van der Waals surface area contributed by atoms with Crippen LogP contribution >= 0.6 is 11.6 Å². The minimum Gasteiger partial charge on any atom is -0.444 e. The summed E-state index contributed by atoms with van der Waals surface area (Å²) in [5.41, 5.74) is 2.66. The molecule has 1 aliphatic heterocycles. The molecule has 4 N–H and O–H groups in total. The van der Waals surface area contributed by atoms with Gasteiger partial charge in [0.15, 0.2) is 0 Å². The van der Waals surface area contributed by atoms with E-state index in [-0.39, 0.29) is 25.4 Å². The second-order valence-corrected chi connectivity index (χ2v) is 11.0. The number of carbonyl (C=O) groups is 3. The number of carbonyl (C=O) groups excluding carboxylic acids is 3. The number of amides is 3. The van der Waals surface area contributed by atoms with Gasteiger partial charge in [0.25, 0.3) is 0 Å². The highest BCUT2D eigenvalue weighted by Gasteiger charge is 2.32. The Morgan fingerprint density at radius 3 is 2.52 bits per heavy atom. The molecule has 2 atom stereocenters. The van der Waals surface area contributed by atoms with Crippen molar-refractivity contribution in [2.75, 3.05) is 5.32 Å². The number of ether oxygens (including phenoxy) is 1. The number of benzene rings is 3. The Hall–Kier alpha value is -3.95. The number of anilines is 1. The first-order valence-corrected chi connectivity index (χ1v) is 13.3. The van der Waals surface area contributed by atoms with Gasteiger partial charge in [0.05, 0.1) is 18.5 Å². The van der Waals surface area contributed by atoms with E-state index in [4.69, 9.17) is 16.3 Å². The third-order valence-corrected chi connectivity index (χ3v) is 6.45. The summed E-state index contributed by atoms with van der Waals surface area (Å²) in [6, 6.07) is 17.5. The number of rotatable bonds is 7. The molecular weight excluding hydrogens is 535 g/mol. The highest BCUT2D eigenvalue weighted by Crippen LogP contribution is 2.34. The van der Waals surface area contributed by atoms with E-state index < -0.39 is 35.5 Å². The predicted molar refractivity (Wildman–Crippen MR) is 151 cm³/mol. The van der Waals surface area contributed by atoms with Crippen molar-refractivity contribution in [3.8, 4) is 0 Å². The molecule has 0 bridgehead atoms. The van der Waals surface area contributed by atoms with Gasteiger partial charge in [-0.05, 0) is 61.7 Å². The van der Waals surface area contributed by atoms with E-state index in [1.807, 2.05) is 24.3 Å². The summed E-state index contributed by atoms with van der Waals surface area (Å²) in [4.78, 5) is 38.1. The maximum Gasteiger partial charge on any atom is 0.407 e. The molecule has 210 valence electrons. The maximum absolute atomic E-state index is 14.0. The minimum absolute atomic E-state index is 0.00576. The van der Waals surface area contributed by atoms with E-state index in [0.29, 0.717) is 16.3 Å². The van der Waals surface area contributed by atoms with E-state index >= 15 is 0 Å². The molecule has 0 saturated heterocycles. The molecule has 10 heteroatoms. The SMILES string of the molecule is CC(C)(C)OC(=O)NCc1cccc(C2NC(CC(=O)NCc3ccccc3F)C(=O)Nc3ccc(Cl)cc32)c1. The van der Waals surface area contributed by atoms with Crippen molar-refractivity contribution in [1.29, 1.82) is 0 Å². The summed E-state index contributed by atoms with van der Waals surface area (Å²) >= 11 is 6.32. The summed E-state index contributed by atoms with van der Waals surface area (Å²) in [7, 11) is 0. The average Bonchev–Trinajstić information content (AvgIpc) is 3.02. The lowest BCUT2D eigenvalue weighted by atomic mass is 9.95. The lowest BCUT2D eigenvalue weighted by Crippen LogP contribution is -2.43. The molecule has 1 aliphatic rings. The topological polar surface area (TPSA) is 109 Å². The van der Waals surface area contributed by atoms with Gasteiger partial charge in [-0.25, -0.2) is 9.18 Å². The van der Waals surface area contributed by atoms with Crippen LogP contribution in [0.4, 0.5) is 14.9 Å². The smallest absolute Gasteiger partial charge is 0.407 e. The Balaban J connectivity index is 1.53. The van der Waals surface area contributed by atoms with E-state index in [0.717, 1.165) is 16.7 Å². The van der Waals surface area contributed by atoms with Crippen LogP contribution < -0.4 is 21.3 Å². The van der Waals surface area contributed by atoms with Crippen LogP contribution in [0.2, 0.25) is 5.02 Å². The van der Waals surface area contributed by atoms with Crippen molar-refractivity contribution in [2.45, 2.75) is 58.0 Å². The highest BCUT2D eigenvalue weighted by molar-refractivity contribution is 6.30. The molecule has 0 spiro atoms. The monoisotopic (exact) mass is 566 g/mol. The fourth-order valence-electron chi connectivity index (χ4n) is 4.36. The van der Waals surface area contributed by atoms with Crippen LogP contribution in [0.5, 0.6) is 0 Å². The standard InChI is InChI=1S/C30H32ClFN4O4/c1-30(2,3)40-29(39)34-16-18-7-6-9-19(13-18)27-22-14-21(31)11-12-24(22)36-28(38)25(35-27)15-26(37)33-17-20-8-4-5-10-23(20)32/h4-14,25,27,35H,15-17H2,1-3H3,(H,33,37)(H,34,39)(H,36,38). The number of fused-ring (bicyclic) bond motifs is 1. The molecule has 3 aromatic rings. The van der Waals surface area contributed by atoms with Gasteiger partial charge in [0.2, 0.25) is 11.8 Å². The molecule has 3 aromatic carbocycles. The van der Waals surface area contributed by atoms with E-state index in [9.17, 15) is 18.8 Å². The molecule has 3 amide bonds. The Bertz CT molecular complexity index is 1410. The van der Waals surface area contributed by atoms with Crippen LogP contribution in [-0.2, 0) is 27.4 Å². The van der Waals surface area contributed by atoms with Gasteiger partial charge < -0.3 is 20.7 Å². The van der Waals surface area contributed by atoms with Crippen LogP contribution in [0.25, 0.3) is 0 Å². The van der Waals surface area contributed by atoms with Gasteiger partial charge in [-0.15, -0.1) is 0 Å². The molecule has 2 unspecified atom stereocenters. The quantitative estimate of drug-likeness (QED) is 0.314. The number of hydrogen-bond acceptors (Lipinski definition) is 5. The second-order valence-electron chi connectivity index (χ2n) is 10.5. The van der Waals surface area contributed by atoms with Crippen LogP contribution in [0, 0.1) is 5.82 Å². The lowest BCUT2D eigenvalue weighted by molar-refractivity contribution is -0.126. The Morgan fingerprint density at radius 1 is 1.00 bits per heavy atom. The fraction of sp³-hybridized carbons (Fsp3) is 0.300. The number of nitrogens with one attached hydrogen (secondary N) is 4. The Morgan fingerprint density at radius 2 is 1.77 bits per heavy atom. The molecule has 1 heterocycles. The van der Waals surface area contributed by atoms with Gasteiger partial charge in [0.1, 0.15) is 11.4 Å². The first-order chi connectivity index (χ1) is 19.0. The summed E-state index contributed by atoms with van der Waals surface area (Å²) in [6.45, 7) is 5.61. The van der Waals surface area contributed by atoms with Gasteiger partial charge >= 0.3 is 6.09 Å². The molecule has 0 radical (unpaired) electrons. The fourth-order valence-corrected chi connectivity index (χ4v) is 4.54. The summed E-state index contributed by atoms with van der Waals surface area (Å²) < 4.78 is 19.3. The molecule has 8 nitrogen and oxygen atoms in total. The number of alkyl carbamates (subject to hydrolysis) is 1. The predicted octanol–water partition coefficient (Wildman–Crippen LogP) is 5.21. The molecule has 0 aliphatic carbocycles. The van der Waals surface area contributed by atoms with Crippen LogP contribution in [0.1, 0.15) is 55.5 Å². The largest absolute Gasteiger partial charge is 0.444 e. The molecule has 4 rings (SSSR count). The third-order valence-electron chi connectivity index (χ3n) is 6.21. The summed E-state index contributed by atoms with van der Waals surface area (Å²) in [6.07, 6.45) is -0.697. The zero-order valence-electron chi connectivity index (χ0n) is 22.5. The van der Waals surface area contributed by atoms with Crippen molar-refractivity contribution in [1.82, 2.24) is 16.0 Å². The highest BCUT2D eigenvalue weighted by atomic mass is 35.5. The third kappa shape index (κ3) is 7.80. The van der Waals surface area contributed by atoms with Crippen molar-refractivity contribution >= 4 is 35.2 Å². The Labute approximate surface area is 237 Å². The van der Waals surface area contributed by atoms with E-state index in [1.54, 1.807) is 57.2 Å². The van der Waals surface area contributed by atoms with Gasteiger partial charge in [-0.3, -0.25) is 14.9 Å². The van der Waals surface area contributed by atoms with E-state index in [1.165, 1.54) is 6.07 Å². The van der Waals surface area contributed by atoms with Crippen molar-refractivity contribution < 1.29 is 23.5 Å². The summed E-state index contributed by atoms with van der Waals surface area (Å²) in [5, 5.41) is 12.1. The van der Waals surface area contributed by atoms with Gasteiger partial charge in [-0.2, -0.15) is 0 Å². The first-order valence-electron chi connectivity index (χ1n) is 12.9. The zero-order chi connectivity index (χ0) is 28.9. The maximum atomic E-state index is 14.0. The Kier molecular flexibility index (Phi) is 9.07. The second kappa shape index (κ2) is 12.5. The van der Waals surface area contributed by atoms with Crippen molar-refractivity contribution in [3.05, 3.63) is 99.8 Å². The molecule has 40 heavy (non-hydrogen) atoms. The zero-order valence-corrected chi connectivity index (χ0v) is 23.3. The van der Waals surface area contributed by atoms with Crippen molar-refractivity contribution in [3.63, 3.8) is 0 Å². The minimum atomic E-state index is -0.889. The van der Waals surface area contributed by atoms with E-state index in [2.05, 4.69) is 21.3 Å². The normalized spacial score (nSPS) is 16.8. The molecule has 0 aromatic heterocycles. The molecule has 0 saturated carbocycles. The first kappa shape index (κ1) is 29.0. The van der Waals surface area contributed by atoms with Crippen molar-refractivity contribution in [2.24, 2.45) is 0 Å². The van der Waals surface area contributed by atoms with Crippen LogP contribution in [-0.4, -0.2) is 29.6 Å². The molecule has 0 fully saturated rings. The number of halogens is 2.